The van der Waals surface area contributed by atoms with Crippen molar-refractivity contribution in [1.82, 2.24) is 15.1 Å². The summed E-state index contributed by atoms with van der Waals surface area (Å²) in [5.74, 6) is 1.81. The standard InChI is InChI=1S/C17H18N4O3/c1-11-8-15(24-21-11)13-10-19-17(18-9-12-4-2-6-22-12)20-16(13)14-5-3-7-23-14/h3,5,7-8,10,12H,2,4,6,9H2,1H3,(H,18,19,20)/t12-/m1/s1. The average molecular weight is 326 g/mol. The zero-order valence-electron chi connectivity index (χ0n) is 13.4. The van der Waals surface area contributed by atoms with Gasteiger partial charge >= 0.3 is 0 Å². The first-order valence-electron chi connectivity index (χ1n) is 7.99. The molecule has 1 saturated heterocycles. The van der Waals surface area contributed by atoms with Gasteiger partial charge < -0.3 is 19.0 Å². The molecule has 0 amide bonds. The van der Waals surface area contributed by atoms with Crippen molar-refractivity contribution in [3.8, 4) is 22.8 Å². The van der Waals surface area contributed by atoms with Crippen LogP contribution >= 0.6 is 0 Å². The van der Waals surface area contributed by atoms with E-state index in [9.17, 15) is 0 Å². The van der Waals surface area contributed by atoms with E-state index in [1.165, 1.54) is 0 Å². The van der Waals surface area contributed by atoms with Crippen molar-refractivity contribution < 1.29 is 13.7 Å². The minimum absolute atomic E-state index is 0.220. The van der Waals surface area contributed by atoms with Gasteiger partial charge in [-0.05, 0) is 31.9 Å². The summed E-state index contributed by atoms with van der Waals surface area (Å²) in [4.78, 5) is 8.99. The summed E-state index contributed by atoms with van der Waals surface area (Å²) in [6, 6.07) is 5.54. The lowest BCUT2D eigenvalue weighted by Gasteiger charge is -2.12. The SMILES string of the molecule is Cc1cc(-c2cnc(NC[C@H]3CCCO3)nc2-c2ccco2)on1. The van der Waals surface area contributed by atoms with Crippen LogP contribution in [0.15, 0.2) is 39.6 Å². The Hall–Kier alpha value is -2.67. The van der Waals surface area contributed by atoms with Crippen LogP contribution in [0.25, 0.3) is 22.8 Å². The van der Waals surface area contributed by atoms with Crippen molar-refractivity contribution in [2.24, 2.45) is 0 Å². The number of nitrogens with zero attached hydrogens (tertiary/aromatic N) is 3. The number of hydrogen-bond acceptors (Lipinski definition) is 7. The number of rotatable bonds is 5. The number of ether oxygens (including phenoxy) is 1. The van der Waals surface area contributed by atoms with Gasteiger partial charge in [-0.1, -0.05) is 5.16 Å². The van der Waals surface area contributed by atoms with Crippen molar-refractivity contribution in [3.05, 3.63) is 36.4 Å². The highest BCUT2D eigenvalue weighted by Gasteiger charge is 2.19. The van der Waals surface area contributed by atoms with Crippen molar-refractivity contribution in [2.75, 3.05) is 18.5 Å². The van der Waals surface area contributed by atoms with Crippen LogP contribution in [-0.2, 0) is 4.74 Å². The third-order valence-electron chi connectivity index (χ3n) is 3.95. The molecular formula is C17H18N4O3. The number of anilines is 1. The van der Waals surface area contributed by atoms with E-state index in [2.05, 4.69) is 20.4 Å². The van der Waals surface area contributed by atoms with E-state index in [0.717, 1.165) is 30.7 Å². The third-order valence-corrected chi connectivity index (χ3v) is 3.95. The fourth-order valence-corrected chi connectivity index (χ4v) is 2.75. The maximum atomic E-state index is 5.61. The highest BCUT2D eigenvalue weighted by atomic mass is 16.5. The van der Waals surface area contributed by atoms with Gasteiger partial charge in [0.15, 0.2) is 11.5 Å². The summed E-state index contributed by atoms with van der Waals surface area (Å²) in [6.07, 6.45) is 5.73. The van der Waals surface area contributed by atoms with Gasteiger partial charge in [0, 0.05) is 25.4 Å². The molecule has 0 spiro atoms. The molecule has 3 aromatic rings. The first-order chi connectivity index (χ1) is 11.8. The number of aryl methyl sites for hydroxylation is 1. The van der Waals surface area contributed by atoms with Gasteiger partial charge in [-0.15, -0.1) is 0 Å². The highest BCUT2D eigenvalue weighted by molar-refractivity contribution is 5.75. The molecular weight excluding hydrogens is 308 g/mol. The Morgan fingerprint density at radius 2 is 2.29 bits per heavy atom. The number of furan rings is 1. The molecule has 1 fully saturated rings. The molecule has 1 aliphatic rings. The minimum Gasteiger partial charge on any atom is -0.463 e. The molecule has 0 bridgehead atoms. The third kappa shape index (κ3) is 3.03. The van der Waals surface area contributed by atoms with E-state index >= 15 is 0 Å². The topological polar surface area (TPSA) is 86.2 Å². The second-order valence-electron chi connectivity index (χ2n) is 5.78. The molecule has 0 aromatic carbocycles. The van der Waals surface area contributed by atoms with Crippen LogP contribution in [0.3, 0.4) is 0 Å². The Morgan fingerprint density at radius 3 is 3.00 bits per heavy atom. The quantitative estimate of drug-likeness (QED) is 0.770. The van der Waals surface area contributed by atoms with Crippen molar-refractivity contribution in [2.45, 2.75) is 25.9 Å². The summed E-state index contributed by atoms with van der Waals surface area (Å²) in [6.45, 7) is 3.39. The van der Waals surface area contributed by atoms with Crippen LogP contribution in [0.5, 0.6) is 0 Å². The van der Waals surface area contributed by atoms with Gasteiger partial charge in [0.25, 0.3) is 0 Å². The Balaban J connectivity index is 1.64. The predicted octanol–water partition coefficient (Wildman–Crippen LogP) is 3.29. The first-order valence-corrected chi connectivity index (χ1v) is 7.99. The summed E-state index contributed by atoms with van der Waals surface area (Å²) in [5, 5.41) is 7.17. The van der Waals surface area contributed by atoms with Crippen LogP contribution in [0.1, 0.15) is 18.5 Å². The molecule has 24 heavy (non-hydrogen) atoms. The lowest BCUT2D eigenvalue weighted by Crippen LogP contribution is -2.19. The smallest absolute Gasteiger partial charge is 0.223 e. The molecule has 3 aromatic heterocycles. The molecule has 0 radical (unpaired) electrons. The number of hydrogen-bond donors (Lipinski definition) is 1. The second kappa shape index (κ2) is 6.45. The summed E-state index contributed by atoms with van der Waals surface area (Å²) in [7, 11) is 0. The highest BCUT2D eigenvalue weighted by Crippen LogP contribution is 2.31. The molecule has 0 unspecified atom stereocenters. The maximum absolute atomic E-state index is 5.61. The monoisotopic (exact) mass is 326 g/mol. The van der Waals surface area contributed by atoms with Crippen molar-refractivity contribution in [1.29, 1.82) is 0 Å². The molecule has 4 rings (SSSR count). The normalized spacial score (nSPS) is 17.3. The molecule has 4 heterocycles. The van der Waals surface area contributed by atoms with Gasteiger partial charge in [0.1, 0.15) is 5.69 Å². The molecule has 0 aliphatic carbocycles. The van der Waals surface area contributed by atoms with Crippen LogP contribution in [0.4, 0.5) is 5.95 Å². The largest absolute Gasteiger partial charge is 0.463 e. The van der Waals surface area contributed by atoms with Crippen LogP contribution in [-0.4, -0.2) is 34.4 Å². The molecule has 1 atom stereocenters. The zero-order chi connectivity index (χ0) is 16.4. The van der Waals surface area contributed by atoms with Gasteiger partial charge in [-0.2, -0.15) is 0 Å². The fourth-order valence-electron chi connectivity index (χ4n) is 2.75. The van der Waals surface area contributed by atoms with Gasteiger partial charge in [0.2, 0.25) is 5.95 Å². The van der Waals surface area contributed by atoms with Crippen LogP contribution in [0.2, 0.25) is 0 Å². The Labute approximate surface area is 139 Å². The average Bonchev–Trinajstić information content (AvgIpc) is 3.35. The molecule has 124 valence electrons. The van der Waals surface area contributed by atoms with Gasteiger partial charge in [-0.3, -0.25) is 0 Å². The number of aromatic nitrogens is 3. The van der Waals surface area contributed by atoms with Gasteiger partial charge in [0.05, 0.1) is 23.6 Å². The van der Waals surface area contributed by atoms with Crippen molar-refractivity contribution in [3.63, 3.8) is 0 Å². The lowest BCUT2D eigenvalue weighted by atomic mass is 10.1. The summed E-state index contributed by atoms with van der Waals surface area (Å²) < 4.78 is 16.5. The fraction of sp³-hybridized carbons (Fsp3) is 0.353. The summed E-state index contributed by atoms with van der Waals surface area (Å²) in [5.41, 5.74) is 2.21. The van der Waals surface area contributed by atoms with Crippen molar-refractivity contribution >= 4 is 5.95 Å². The zero-order valence-corrected chi connectivity index (χ0v) is 13.4. The van der Waals surface area contributed by atoms with E-state index in [4.69, 9.17) is 13.7 Å². The number of nitrogens with one attached hydrogen (secondary N) is 1. The van der Waals surface area contributed by atoms with E-state index < -0.39 is 0 Å². The van der Waals surface area contributed by atoms with E-state index in [-0.39, 0.29) is 6.10 Å². The van der Waals surface area contributed by atoms with Crippen LogP contribution in [0, 0.1) is 6.92 Å². The Bertz CT molecular complexity index is 807. The minimum atomic E-state index is 0.220. The Kier molecular flexibility index (Phi) is 4.00. The predicted molar refractivity (Wildman–Crippen MR) is 87.4 cm³/mol. The van der Waals surface area contributed by atoms with Gasteiger partial charge in [-0.25, -0.2) is 9.97 Å². The molecule has 0 saturated carbocycles. The lowest BCUT2D eigenvalue weighted by molar-refractivity contribution is 0.120. The second-order valence-corrected chi connectivity index (χ2v) is 5.78. The summed E-state index contributed by atoms with van der Waals surface area (Å²) >= 11 is 0. The Morgan fingerprint density at radius 1 is 1.33 bits per heavy atom. The van der Waals surface area contributed by atoms with E-state index in [0.29, 0.717) is 29.7 Å². The molecule has 1 N–H and O–H groups in total. The molecule has 7 heteroatoms. The molecule has 1 aliphatic heterocycles. The van der Waals surface area contributed by atoms with Crippen LogP contribution < -0.4 is 5.32 Å². The maximum Gasteiger partial charge on any atom is 0.223 e. The molecule has 7 nitrogen and oxygen atoms in total. The first kappa shape index (κ1) is 14.9. The van der Waals surface area contributed by atoms with E-state index in [1.807, 2.05) is 25.1 Å². The van der Waals surface area contributed by atoms with E-state index in [1.54, 1.807) is 12.5 Å².